The first kappa shape index (κ1) is 25.2. The monoisotopic (exact) mass is 507 g/mol. The van der Waals surface area contributed by atoms with Gasteiger partial charge in [0.15, 0.2) is 0 Å². The third-order valence-corrected chi connectivity index (χ3v) is 7.10. The number of benzene rings is 4. The fourth-order valence-electron chi connectivity index (χ4n) is 4.97. The van der Waals surface area contributed by atoms with Crippen LogP contribution in [-0.2, 0) is 19.5 Å². The second-order valence-corrected chi connectivity index (χ2v) is 9.73. The number of rotatable bonds is 7. The molecule has 0 aromatic heterocycles. The number of carbonyl (C=O) groups excluding carboxylic acids is 2. The van der Waals surface area contributed by atoms with Gasteiger partial charge < -0.3 is 16.0 Å². The Labute approximate surface area is 222 Å². The van der Waals surface area contributed by atoms with Gasteiger partial charge in [0.05, 0.1) is 0 Å². The van der Waals surface area contributed by atoms with Crippen molar-refractivity contribution in [3.63, 3.8) is 0 Å². The minimum absolute atomic E-state index is 0.171. The Morgan fingerprint density at radius 3 is 2.47 bits per heavy atom. The molecule has 4 aromatic rings. The molecule has 5 nitrogen and oxygen atoms in total. The van der Waals surface area contributed by atoms with Crippen molar-refractivity contribution < 1.29 is 14.0 Å². The first-order chi connectivity index (χ1) is 18.4. The van der Waals surface area contributed by atoms with E-state index in [1.54, 1.807) is 25.1 Å². The van der Waals surface area contributed by atoms with Crippen LogP contribution in [0.3, 0.4) is 0 Å². The summed E-state index contributed by atoms with van der Waals surface area (Å²) in [4.78, 5) is 26.7. The summed E-state index contributed by atoms with van der Waals surface area (Å²) < 4.78 is 13.8. The molecule has 3 N–H and O–H groups in total. The Kier molecular flexibility index (Phi) is 7.22. The van der Waals surface area contributed by atoms with Gasteiger partial charge in [-0.2, -0.15) is 0 Å². The molecule has 4 aromatic carbocycles. The lowest BCUT2D eigenvalue weighted by atomic mass is 9.95. The highest BCUT2D eigenvalue weighted by molar-refractivity contribution is 5.95. The van der Waals surface area contributed by atoms with Crippen LogP contribution in [-0.4, -0.2) is 18.4 Å². The summed E-state index contributed by atoms with van der Waals surface area (Å²) in [7, 11) is 0. The molecule has 0 saturated heterocycles. The smallest absolute Gasteiger partial charge is 0.251 e. The van der Waals surface area contributed by atoms with Crippen LogP contribution in [0.15, 0.2) is 84.9 Å². The second-order valence-electron chi connectivity index (χ2n) is 9.73. The van der Waals surface area contributed by atoms with E-state index in [0.29, 0.717) is 16.7 Å². The van der Waals surface area contributed by atoms with Gasteiger partial charge in [-0.05, 0) is 89.5 Å². The van der Waals surface area contributed by atoms with Crippen LogP contribution in [0.4, 0.5) is 10.1 Å². The number of nitrogens with zero attached hydrogens (tertiary/aromatic N) is 1. The number of hydrogen-bond acceptors (Lipinski definition) is 3. The molecule has 1 heterocycles. The third-order valence-electron chi connectivity index (χ3n) is 7.10. The number of fused-ring (bicyclic) bond motifs is 1. The predicted molar refractivity (Wildman–Crippen MR) is 149 cm³/mol. The number of primary amides is 1. The fourth-order valence-corrected chi connectivity index (χ4v) is 4.97. The molecule has 6 heteroatoms. The van der Waals surface area contributed by atoms with Crippen molar-refractivity contribution in [1.29, 1.82) is 0 Å². The molecule has 1 aliphatic heterocycles. The van der Waals surface area contributed by atoms with E-state index < -0.39 is 5.91 Å². The van der Waals surface area contributed by atoms with Crippen molar-refractivity contribution >= 4 is 17.5 Å². The lowest BCUT2D eigenvalue weighted by Crippen LogP contribution is -2.30. The van der Waals surface area contributed by atoms with Crippen LogP contribution in [0.5, 0.6) is 0 Å². The van der Waals surface area contributed by atoms with Crippen LogP contribution < -0.4 is 16.0 Å². The topological polar surface area (TPSA) is 75.4 Å². The number of nitrogens with two attached hydrogens (primary N) is 1. The van der Waals surface area contributed by atoms with Gasteiger partial charge >= 0.3 is 0 Å². The summed E-state index contributed by atoms with van der Waals surface area (Å²) in [6.07, 6.45) is 1.91. The average Bonchev–Trinajstić information content (AvgIpc) is 2.93. The zero-order chi connectivity index (χ0) is 26.6. The molecule has 192 valence electrons. The Balaban J connectivity index is 1.32. The largest absolute Gasteiger partial charge is 0.367 e. The molecule has 0 saturated carbocycles. The fraction of sp³-hybridized carbons (Fsp3) is 0.188. The average molecular weight is 508 g/mol. The highest BCUT2D eigenvalue weighted by Gasteiger charge is 2.20. The minimum atomic E-state index is -0.438. The molecule has 0 unspecified atom stereocenters. The molecule has 5 rings (SSSR count). The summed E-state index contributed by atoms with van der Waals surface area (Å²) in [5, 5.41) is 2.91. The number of amides is 2. The van der Waals surface area contributed by atoms with Crippen LogP contribution in [0.1, 0.15) is 49.4 Å². The summed E-state index contributed by atoms with van der Waals surface area (Å²) in [5.41, 5.74) is 13.4. The van der Waals surface area contributed by atoms with Gasteiger partial charge in [-0.15, -0.1) is 0 Å². The number of halogens is 1. The highest BCUT2D eigenvalue weighted by atomic mass is 19.1. The number of nitrogens with one attached hydrogen (secondary N) is 1. The molecular formula is C32H30FN3O2. The molecule has 1 aliphatic rings. The predicted octanol–water partition coefficient (Wildman–Crippen LogP) is 5.78. The molecule has 0 bridgehead atoms. The van der Waals surface area contributed by atoms with Crippen molar-refractivity contribution in [1.82, 2.24) is 5.32 Å². The minimum Gasteiger partial charge on any atom is -0.367 e. The van der Waals surface area contributed by atoms with Crippen molar-refractivity contribution in [2.75, 3.05) is 11.4 Å². The highest BCUT2D eigenvalue weighted by Crippen LogP contribution is 2.32. The summed E-state index contributed by atoms with van der Waals surface area (Å²) >= 11 is 0. The van der Waals surface area contributed by atoms with Crippen molar-refractivity contribution in [3.8, 4) is 11.1 Å². The maximum absolute atomic E-state index is 13.8. The Bertz CT molecular complexity index is 1500. The Morgan fingerprint density at radius 1 is 0.947 bits per heavy atom. The van der Waals surface area contributed by atoms with Crippen molar-refractivity contribution in [3.05, 3.63) is 124 Å². The third kappa shape index (κ3) is 5.44. The number of hydrogen-bond donors (Lipinski definition) is 2. The molecular weight excluding hydrogens is 477 g/mol. The van der Waals surface area contributed by atoms with Gasteiger partial charge in [0.1, 0.15) is 5.82 Å². The van der Waals surface area contributed by atoms with Gasteiger partial charge in [-0.3, -0.25) is 9.59 Å². The first-order valence-corrected chi connectivity index (χ1v) is 12.8. The molecule has 0 fully saturated rings. The molecule has 0 atom stereocenters. The van der Waals surface area contributed by atoms with E-state index in [0.717, 1.165) is 53.9 Å². The molecule has 0 aliphatic carbocycles. The maximum atomic E-state index is 13.8. The van der Waals surface area contributed by atoms with E-state index in [2.05, 4.69) is 22.3 Å². The molecule has 0 spiro atoms. The van der Waals surface area contributed by atoms with Crippen LogP contribution in [0.2, 0.25) is 0 Å². The standard InChI is InChI=1S/C32H30FN3O2/c1-21-8-9-22(17-29(21)33)19-35-32(38)26-14-15-30-25(18-26)6-4-16-36(30)20-27-5-2-3-7-28(27)23-10-12-24(13-11-23)31(34)37/h2-3,5,7-15,17-18H,4,6,16,19-20H2,1H3,(H2,34,37)(H,35,38). The van der Waals surface area contributed by atoms with Crippen LogP contribution in [0, 0.1) is 12.7 Å². The summed E-state index contributed by atoms with van der Waals surface area (Å²) in [5.74, 6) is -0.877. The van der Waals surface area contributed by atoms with E-state index in [-0.39, 0.29) is 18.3 Å². The second kappa shape index (κ2) is 10.9. The molecule has 0 radical (unpaired) electrons. The normalized spacial score (nSPS) is 12.6. The zero-order valence-electron chi connectivity index (χ0n) is 21.3. The molecule has 38 heavy (non-hydrogen) atoms. The number of anilines is 1. The van der Waals surface area contributed by atoms with E-state index >= 15 is 0 Å². The quantitative estimate of drug-likeness (QED) is 0.333. The van der Waals surface area contributed by atoms with Gasteiger partial charge in [0, 0.05) is 36.4 Å². The van der Waals surface area contributed by atoms with Crippen LogP contribution >= 0.6 is 0 Å². The first-order valence-electron chi connectivity index (χ1n) is 12.8. The van der Waals surface area contributed by atoms with Gasteiger partial charge in [-0.25, -0.2) is 4.39 Å². The van der Waals surface area contributed by atoms with E-state index in [1.807, 2.05) is 48.5 Å². The van der Waals surface area contributed by atoms with E-state index in [4.69, 9.17) is 5.73 Å². The summed E-state index contributed by atoms with van der Waals surface area (Å²) in [6, 6.07) is 26.5. The number of carbonyl (C=O) groups is 2. The Morgan fingerprint density at radius 2 is 1.71 bits per heavy atom. The van der Waals surface area contributed by atoms with E-state index in [1.165, 1.54) is 11.6 Å². The molecule has 2 amide bonds. The van der Waals surface area contributed by atoms with Gasteiger partial charge in [0.2, 0.25) is 5.91 Å². The zero-order valence-corrected chi connectivity index (χ0v) is 21.3. The maximum Gasteiger partial charge on any atom is 0.251 e. The van der Waals surface area contributed by atoms with Crippen LogP contribution in [0.25, 0.3) is 11.1 Å². The van der Waals surface area contributed by atoms with Crippen molar-refractivity contribution in [2.45, 2.75) is 32.9 Å². The number of aryl methyl sites for hydroxylation is 2. The summed E-state index contributed by atoms with van der Waals surface area (Å²) in [6.45, 7) is 3.64. The van der Waals surface area contributed by atoms with E-state index in [9.17, 15) is 14.0 Å². The van der Waals surface area contributed by atoms with Gasteiger partial charge in [0.25, 0.3) is 5.91 Å². The van der Waals surface area contributed by atoms with Gasteiger partial charge in [-0.1, -0.05) is 48.5 Å². The lowest BCUT2D eigenvalue weighted by molar-refractivity contribution is 0.0949. The van der Waals surface area contributed by atoms with Crippen molar-refractivity contribution in [2.24, 2.45) is 5.73 Å². The SMILES string of the molecule is Cc1ccc(CNC(=O)c2ccc3c(c2)CCCN3Cc2ccccc2-c2ccc(C(N)=O)cc2)cc1F. The lowest BCUT2D eigenvalue weighted by Gasteiger charge is -2.32. The Hall–Kier alpha value is -4.45.